The maximum Gasteiger partial charge on any atom is 0.416 e. The molecule has 0 saturated heterocycles. The molecule has 2 rings (SSSR count). The Kier molecular flexibility index (Phi) is 7.57. The molecule has 1 aromatic heterocycles. The van der Waals surface area contributed by atoms with E-state index in [0.717, 1.165) is 18.6 Å². The van der Waals surface area contributed by atoms with Gasteiger partial charge in [-0.25, -0.2) is 4.98 Å². The lowest BCUT2D eigenvalue weighted by atomic mass is 10.0. The van der Waals surface area contributed by atoms with Gasteiger partial charge in [-0.3, -0.25) is 0 Å². The van der Waals surface area contributed by atoms with Crippen LogP contribution in [0.1, 0.15) is 42.7 Å². The molecule has 166 valence electrons. The number of hydrogen-bond acceptors (Lipinski definition) is 4. The third-order valence-electron chi connectivity index (χ3n) is 4.33. The molecule has 0 spiro atoms. The predicted octanol–water partition coefficient (Wildman–Crippen LogP) is 6.33. The maximum absolute atomic E-state index is 13.0. The zero-order valence-electron chi connectivity index (χ0n) is 16.7. The number of anilines is 1. The van der Waals surface area contributed by atoms with Gasteiger partial charge in [-0.15, -0.1) is 11.3 Å². The van der Waals surface area contributed by atoms with Gasteiger partial charge < -0.3 is 10.6 Å². The number of thiazole rings is 1. The molecule has 10 heteroatoms. The zero-order valence-corrected chi connectivity index (χ0v) is 17.5. The fourth-order valence-electron chi connectivity index (χ4n) is 2.91. The summed E-state index contributed by atoms with van der Waals surface area (Å²) in [6.45, 7) is 8.13. The predicted molar refractivity (Wildman–Crippen MR) is 106 cm³/mol. The Morgan fingerprint density at radius 1 is 1.07 bits per heavy atom. The van der Waals surface area contributed by atoms with Crippen molar-refractivity contribution < 1.29 is 26.3 Å². The van der Waals surface area contributed by atoms with Crippen molar-refractivity contribution in [3.05, 3.63) is 58.2 Å². The molecule has 2 N–H and O–H groups in total. The van der Waals surface area contributed by atoms with Crippen molar-refractivity contribution in [2.75, 3.05) is 12.4 Å². The highest BCUT2D eigenvalue weighted by Gasteiger charge is 2.36. The Morgan fingerprint density at radius 3 is 2.10 bits per heavy atom. The molecule has 0 saturated carbocycles. The summed E-state index contributed by atoms with van der Waals surface area (Å²) in [6, 6.07) is 1.56. The molecule has 0 aliphatic heterocycles. The minimum Gasteiger partial charge on any atom is -0.334 e. The number of halogens is 6. The number of nitrogens with one attached hydrogen (secondary N) is 2. The highest BCUT2D eigenvalue weighted by Crippen LogP contribution is 2.36. The lowest BCUT2D eigenvalue weighted by molar-refractivity contribution is -0.143. The van der Waals surface area contributed by atoms with Gasteiger partial charge in [0.25, 0.3) is 0 Å². The van der Waals surface area contributed by atoms with E-state index in [4.69, 9.17) is 0 Å². The number of likely N-dealkylation sites (N-methyl/N-ethyl adjacent to an activating group) is 1. The van der Waals surface area contributed by atoms with Crippen molar-refractivity contribution >= 4 is 16.5 Å². The van der Waals surface area contributed by atoms with Crippen LogP contribution in [0.5, 0.6) is 0 Å². The minimum atomic E-state index is -4.87. The first-order chi connectivity index (χ1) is 13.8. The number of aromatic nitrogens is 1. The van der Waals surface area contributed by atoms with Crippen LogP contribution in [0.25, 0.3) is 0 Å². The number of alkyl halides is 6. The van der Waals surface area contributed by atoms with Gasteiger partial charge in [0.2, 0.25) is 0 Å². The van der Waals surface area contributed by atoms with Gasteiger partial charge in [0.1, 0.15) is 0 Å². The third-order valence-corrected chi connectivity index (χ3v) is 5.13. The van der Waals surface area contributed by atoms with E-state index in [1.165, 1.54) is 11.3 Å². The van der Waals surface area contributed by atoms with Crippen molar-refractivity contribution in [1.29, 1.82) is 0 Å². The van der Waals surface area contributed by atoms with E-state index in [2.05, 4.69) is 36.0 Å². The van der Waals surface area contributed by atoms with E-state index in [-0.39, 0.29) is 24.1 Å². The molecule has 1 unspecified atom stereocenters. The Hall–Kier alpha value is -2.07. The molecule has 0 aliphatic carbocycles. The largest absolute Gasteiger partial charge is 0.416 e. The summed E-state index contributed by atoms with van der Waals surface area (Å²) in [6.07, 6.45) is -9.06. The second-order valence-electron chi connectivity index (χ2n) is 7.36. The van der Waals surface area contributed by atoms with Crippen molar-refractivity contribution in [3.63, 3.8) is 0 Å². The summed E-state index contributed by atoms with van der Waals surface area (Å²) in [5.74, 6) is 0.427. The quantitative estimate of drug-likeness (QED) is 0.461. The fourth-order valence-corrected chi connectivity index (χ4v) is 3.65. The van der Waals surface area contributed by atoms with Crippen LogP contribution in [0.2, 0.25) is 0 Å². The normalized spacial score (nSPS) is 13.5. The summed E-state index contributed by atoms with van der Waals surface area (Å²) >= 11 is 1.21. The summed E-state index contributed by atoms with van der Waals surface area (Å²) in [7, 11) is 1.80. The Labute approximate surface area is 175 Å². The van der Waals surface area contributed by atoms with E-state index in [0.29, 0.717) is 22.4 Å². The van der Waals surface area contributed by atoms with Crippen molar-refractivity contribution in [2.45, 2.75) is 45.1 Å². The standard InChI is InChI=1S/C20H23F6N3S/c1-11(2)5-17(27-4)12(3)28-18-29-16(10-30-18)8-13-6-14(19(21,22)23)9-15(7-13)20(24,25)26/h6-7,9-11,17,27H,3,5,8H2,1-2,4H3,(H,28,29). The molecule has 0 radical (unpaired) electrons. The van der Waals surface area contributed by atoms with Gasteiger partial charge in [0, 0.05) is 23.5 Å². The van der Waals surface area contributed by atoms with Gasteiger partial charge in [0.15, 0.2) is 5.13 Å². The van der Waals surface area contributed by atoms with Crippen LogP contribution < -0.4 is 10.6 Å². The monoisotopic (exact) mass is 451 g/mol. The van der Waals surface area contributed by atoms with Gasteiger partial charge >= 0.3 is 12.4 Å². The Bertz CT molecular complexity index is 838. The molecule has 1 aromatic carbocycles. The highest BCUT2D eigenvalue weighted by molar-refractivity contribution is 7.13. The van der Waals surface area contributed by atoms with Gasteiger partial charge in [-0.1, -0.05) is 20.4 Å². The Balaban J connectivity index is 2.20. The van der Waals surface area contributed by atoms with E-state index >= 15 is 0 Å². The molecule has 2 aromatic rings. The summed E-state index contributed by atoms with van der Waals surface area (Å²) in [5, 5.41) is 8.28. The topological polar surface area (TPSA) is 37.0 Å². The molecular formula is C20H23F6N3S. The summed E-state index contributed by atoms with van der Waals surface area (Å²) in [4.78, 5) is 4.28. The number of hydrogen-bond donors (Lipinski definition) is 2. The Morgan fingerprint density at radius 2 is 1.63 bits per heavy atom. The summed E-state index contributed by atoms with van der Waals surface area (Å²) < 4.78 is 78.1. The van der Waals surface area contributed by atoms with Crippen LogP contribution >= 0.6 is 11.3 Å². The average molecular weight is 451 g/mol. The molecule has 0 fully saturated rings. The fraction of sp³-hybridized carbons (Fsp3) is 0.450. The first-order valence-electron chi connectivity index (χ1n) is 9.15. The van der Waals surface area contributed by atoms with E-state index in [1.54, 1.807) is 12.4 Å². The first-order valence-corrected chi connectivity index (χ1v) is 10.0. The second-order valence-corrected chi connectivity index (χ2v) is 8.21. The molecule has 0 bridgehead atoms. The number of benzene rings is 1. The highest BCUT2D eigenvalue weighted by atomic mass is 32.1. The third kappa shape index (κ3) is 6.73. The number of nitrogens with zero attached hydrogens (tertiary/aromatic N) is 1. The molecule has 1 atom stereocenters. The SMILES string of the molecule is C=C(Nc1nc(Cc2cc(C(F)(F)F)cc(C(F)(F)F)c2)cs1)C(CC(C)C)NC. The van der Waals surface area contributed by atoms with Crippen LogP contribution in [0.3, 0.4) is 0 Å². The van der Waals surface area contributed by atoms with Crippen LogP contribution in [-0.4, -0.2) is 18.1 Å². The summed E-state index contributed by atoms with van der Waals surface area (Å²) in [5.41, 5.74) is -1.72. The van der Waals surface area contributed by atoms with E-state index < -0.39 is 23.5 Å². The van der Waals surface area contributed by atoms with Crippen molar-refractivity contribution in [1.82, 2.24) is 10.3 Å². The number of rotatable bonds is 8. The maximum atomic E-state index is 13.0. The molecule has 0 amide bonds. The second kappa shape index (κ2) is 9.38. The molecule has 0 aliphatic rings. The van der Waals surface area contributed by atoms with E-state index in [9.17, 15) is 26.3 Å². The average Bonchev–Trinajstić information content (AvgIpc) is 3.04. The lowest BCUT2D eigenvalue weighted by Gasteiger charge is -2.21. The smallest absolute Gasteiger partial charge is 0.334 e. The van der Waals surface area contributed by atoms with Crippen molar-refractivity contribution in [3.8, 4) is 0 Å². The molecular weight excluding hydrogens is 428 g/mol. The molecule has 30 heavy (non-hydrogen) atoms. The van der Waals surface area contributed by atoms with Crippen LogP contribution in [-0.2, 0) is 18.8 Å². The lowest BCUT2D eigenvalue weighted by Crippen LogP contribution is -2.31. The van der Waals surface area contributed by atoms with Crippen LogP contribution in [0, 0.1) is 5.92 Å². The minimum absolute atomic E-state index is 0.00448. The van der Waals surface area contributed by atoms with Crippen LogP contribution in [0.4, 0.5) is 31.5 Å². The zero-order chi connectivity index (χ0) is 22.7. The van der Waals surface area contributed by atoms with E-state index in [1.807, 2.05) is 0 Å². The van der Waals surface area contributed by atoms with Crippen molar-refractivity contribution in [2.24, 2.45) is 5.92 Å². The van der Waals surface area contributed by atoms with Gasteiger partial charge in [0.05, 0.1) is 16.8 Å². The molecule has 1 heterocycles. The van der Waals surface area contributed by atoms with Gasteiger partial charge in [-0.2, -0.15) is 26.3 Å². The van der Waals surface area contributed by atoms with Gasteiger partial charge in [-0.05, 0) is 43.1 Å². The molecule has 3 nitrogen and oxygen atoms in total. The van der Waals surface area contributed by atoms with Crippen LogP contribution in [0.15, 0.2) is 35.9 Å². The first kappa shape index (κ1) is 24.2.